The summed E-state index contributed by atoms with van der Waals surface area (Å²) >= 11 is 0. The third-order valence-electron chi connectivity index (χ3n) is 4.30. The maximum absolute atomic E-state index is 12.3. The number of alkyl carbamates (subject to hydrolysis) is 2. The SMILES string of the molecule is CCNC(=O)OCC1=C(COC(=O)NCC)[C@@H]2O[C@@H]1C(C(=O)OC)=C2C(=O)OC. The minimum Gasteiger partial charge on any atom is -0.466 e. The molecular formula is C18H24N2O9. The molecule has 0 radical (unpaired) electrons. The van der Waals surface area contributed by atoms with Crippen molar-refractivity contribution in [2.75, 3.05) is 40.5 Å². The first-order chi connectivity index (χ1) is 13.9. The molecule has 0 saturated carbocycles. The first-order valence-electron chi connectivity index (χ1n) is 8.98. The van der Waals surface area contributed by atoms with Gasteiger partial charge in [-0.15, -0.1) is 0 Å². The van der Waals surface area contributed by atoms with E-state index in [-0.39, 0.29) is 24.4 Å². The van der Waals surface area contributed by atoms with Crippen molar-refractivity contribution in [2.45, 2.75) is 26.1 Å². The fourth-order valence-corrected chi connectivity index (χ4v) is 3.07. The van der Waals surface area contributed by atoms with E-state index in [9.17, 15) is 19.2 Å². The fourth-order valence-electron chi connectivity index (χ4n) is 3.07. The lowest BCUT2D eigenvalue weighted by molar-refractivity contribution is -0.139. The van der Waals surface area contributed by atoms with Crippen LogP contribution in [0.4, 0.5) is 9.59 Å². The van der Waals surface area contributed by atoms with Crippen molar-refractivity contribution in [3.63, 3.8) is 0 Å². The smallest absolute Gasteiger partial charge is 0.407 e. The molecule has 2 aliphatic heterocycles. The number of hydrogen-bond donors (Lipinski definition) is 2. The molecule has 29 heavy (non-hydrogen) atoms. The number of amides is 2. The molecule has 2 bridgehead atoms. The predicted octanol–water partition coefficient (Wildman–Crippen LogP) is 0.199. The molecule has 11 heteroatoms. The van der Waals surface area contributed by atoms with Crippen molar-refractivity contribution >= 4 is 24.1 Å². The van der Waals surface area contributed by atoms with Gasteiger partial charge in [0.05, 0.1) is 25.4 Å². The van der Waals surface area contributed by atoms with E-state index in [2.05, 4.69) is 10.6 Å². The Morgan fingerprint density at radius 2 is 1.17 bits per heavy atom. The topological polar surface area (TPSA) is 138 Å². The van der Waals surface area contributed by atoms with E-state index in [1.165, 1.54) is 14.2 Å². The Morgan fingerprint density at radius 1 is 0.793 bits per heavy atom. The third kappa shape index (κ3) is 4.67. The zero-order valence-electron chi connectivity index (χ0n) is 16.7. The molecule has 0 aromatic carbocycles. The molecule has 0 aromatic rings. The number of hydrogen-bond acceptors (Lipinski definition) is 9. The van der Waals surface area contributed by atoms with Crippen LogP contribution in [0, 0.1) is 0 Å². The molecule has 2 amide bonds. The fraction of sp³-hybridized carbons (Fsp3) is 0.556. The summed E-state index contributed by atoms with van der Waals surface area (Å²) in [6.45, 7) is 3.74. The average Bonchev–Trinajstić information content (AvgIpc) is 3.25. The van der Waals surface area contributed by atoms with Gasteiger partial charge in [-0.1, -0.05) is 0 Å². The second-order valence-electron chi connectivity index (χ2n) is 5.97. The highest BCUT2D eigenvalue weighted by molar-refractivity contribution is 6.04. The van der Waals surface area contributed by atoms with Crippen LogP contribution in [0.2, 0.25) is 0 Å². The van der Waals surface area contributed by atoms with Crippen molar-refractivity contribution in [2.24, 2.45) is 0 Å². The van der Waals surface area contributed by atoms with E-state index in [0.29, 0.717) is 24.2 Å². The van der Waals surface area contributed by atoms with Crippen molar-refractivity contribution in [1.82, 2.24) is 10.6 Å². The quantitative estimate of drug-likeness (QED) is 0.325. The number of carbonyl (C=O) groups is 4. The summed E-state index contributed by atoms with van der Waals surface area (Å²) in [4.78, 5) is 47.9. The van der Waals surface area contributed by atoms with E-state index in [1.807, 2.05) is 0 Å². The number of fused-ring (bicyclic) bond motifs is 2. The maximum Gasteiger partial charge on any atom is 0.407 e. The summed E-state index contributed by atoms with van der Waals surface area (Å²) in [6.07, 6.45) is -3.29. The zero-order chi connectivity index (χ0) is 21.6. The van der Waals surface area contributed by atoms with E-state index in [0.717, 1.165) is 0 Å². The first-order valence-corrected chi connectivity index (χ1v) is 8.98. The average molecular weight is 412 g/mol. The summed E-state index contributed by atoms with van der Waals surface area (Å²) in [5.41, 5.74) is 0.749. The van der Waals surface area contributed by atoms with Gasteiger partial charge in [-0.3, -0.25) is 0 Å². The van der Waals surface area contributed by atoms with Crippen LogP contribution in [0.15, 0.2) is 22.3 Å². The lowest BCUT2D eigenvalue weighted by Crippen LogP contribution is -2.31. The van der Waals surface area contributed by atoms with Gasteiger partial charge in [0.25, 0.3) is 0 Å². The van der Waals surface area contributed by atoms with Crippen LogP contribution in [-0.4, -0.2) is 76.9 Å². The lowest BCUT2D eigenvalue weighted by atomic mass is 9.86. The monoisotopic (exact) mass is 412 g/mol. The Kier molecular flexibility index (Phi) is 7.59. The number of nitrogens with one attached hydrogen (secondary N) is 2. The summed E-state index contributed by atoms with van der Waals surface area (Å²) in [7, 11) is 2.34. The molecule has 2 atom stereocenters. The van der Waals surface area contributed by atoms with Gasteiger partial charge < -0.3 is 34.3 Å². The van der Waals surface area contributed by atoms with Crippen LogP contribution < -0.4 is 10.6 Å². The highest BCUT2D eigenvalue weighted by atomic mass is 16.6. The number of esters is 2. The van der Waals surface area contributed by atoms with Gasteiger partial charge in [0.2, 0.25) is 0 Å². The van der Waals surface area contributed by atoms with E-state index >= 15 is 0 Å². The molecule has 160 valence electrons. The minimum atomic E-state index is -0.983. The Balaban J connectivity index is 2.34. The highest BCUT2D eigenvalue weighted by Crippen LogP contribution is 2.44. The summed E-state index contributed by atoms with van der Waals surface area (Å²) < 4.78 is 25.6. The second-order valence-corrected chi connectivity index (χ2v) is 5.97. The Bertz CT molecular complexity index is 696. The molecule has 0 aliphatic carbocycles. The van der Waals surface area contributed by atoms with Gasteiger partial charge in [-0.05, 0) is 13.8 Å². The number of rotatable bonds is 8. The van der Waals surface area contributed by atoms with Gasteiger partial charge in [-0.25, -0.2) is 19.2 Å². The molecular weight excluding hydrogens is 388 g/mol. The second kappa shape index (κ2) is 9.92. The van der Waals surface area contributed by atoms with Gasteiger partial charge >= 0.3 is 24.1 Å². The van der Waals surface area contributed by atoms with Crippen LogP contribution in [0.5, 0.6) is 0 Å². The summed E-state index contributed by atoms with van der Waals surface area (Å²) in [5.74, 6) is -1.53. The van der Waals surface area contributed by atoms with Crippen LogP contribution in [0.1, 0.15) is 13.8 Å². The van der Waals surface area contributed by atoms with Gasteiger partial charge in [0.15, 0.2) is 0 Å². The lowest BCUT2D eigenvalue weighted by Gasteiger charge is -2.20. The van der Waals surface area contributed by atoms with Crippen molar-refractivity contribution in [3.05, 3.63) is 22.3 Å². The summed E-state index contributed by atoms with van der Waals surface area (Å²) in [5, 5.41) is 4.96. The number of methoxy groups -OCH3 is 2. The molecule has 0 aromatic heterocycles. The molecule has 2 heterocycles. The Morgan fingerprint density at radius 3 is 1.48 bits per heavy atom. The standard InChI is InChI=1S/C18H24N2O9/c1-5-19-17(23)27-7-9-10(8-28-18(24)20-6-2)14-12(16(22)26-4)11(13(9)29-14)15(21)25-3/h13-14H,5-8H2,1-4H3,(H,19,23)(H,20,24)/t13-,14-/m0/s1. The van der Waals surface area contributed by atoms with Crippen LogP contribution in [0.25, 0.3) is 0 Å². The molecule has 0 fully saturated rings. The Labute approximate surface area is 167 Å². The van der Waals surface area contributed by atoms with Crippen LogP contribution in [-0.2, 0) is 33.3 Å². The summed E-state index contributed by atoms with van der Waals surface area (Å²) in [6, 6.07) is 0. The maximum atomic E-state index is 12.3. The molecule has 2 rings (SSSR count). The highest BCUT2D eigenvalue weighted by Gasteiger charge is 2.52. The molecule has 2 N–H and O–H groups in total. The van der Waals surface area contributed by atoms with Crippen molar-refractivity contribution in [3.8, 4) is 0 Å². The zero-order valence-corrected chi connectivity index (χ0v) is 16.7. The van der Waals surface area contributed by atoms with Crippen LogP contribution >= 0.6 is 0 Å². The first kappa shape index (κ1) is 22.2. The van der Waals surface area contributed by atoms with Crippen molar-refractivity contribution in [1.29, 1.82) is 0 Å². The largest absolute Gasteiger partial charge is 0.466 e. The van der Waals surface area contributed by atoms with Crippen LogP contribution in [0.3, 0.4) is 0 Å². The minimum absolute atomic E-state index is 0.0272. The van der Waals surface area contributed by atoms with Gasteiger partial charge in [0.1, 0.15) is 25.4 Å². The molecule has 0 saturated heterocycles. The Hall–Kier alpha value is -3.08. The number of ether oxygens (including phenoxy) is 5. The predicted molar refractivity (Wildman–Crippen MR) is 96.8 cm³/mol. The molecule has 0 spiro atoms. The molecule has 11 nitrogen and oxygen atoms in total. The molecule has 0 unspecified atom stereocenters. The third-order valence-corrected chi connectivity index (χ3v) is 4.30. The normalized spacial score (nSPS) is 19.7. The molecule has 2 aliphatic rings. The van der Waals surface area contributed by atoms with E-state index in [1.54, 1.807) is 13.8 Å². The van der Waals surface area contributed by atoms with E-state index in [4.69, 9.17) is 23.7 Å². The van der Waals surface area contributed by atoms with Gasteiger partial charge in [0, 0.05) is 24.2 Å². The van der Waals surface area contributed by atoms with E-state index < -0.39 is 36.3 Å². The van der Waals surface area contributed by atoms with Gasteiger partial charge in [-0.2, -0.15) is 0 Å². The number of carbonyl (C=O) groups excluding carboxylic acids is 4. The van der Waals surface area contributed by atoms with Crippen molar-refractivity contribution < 1.29 is 42.9 Å².